The van der Waals surface area contributed by atoms with E-state index in [0.717, 1.165) is 38.6 Å². The maximum Gasteiger partial charge on any atom is 0.231 e. The number of ether oxygens (including phenoxy) is 2. The van der Waals surface area contributed by atoms with Crippen LogP contribution in [-0.4, -0.2) is 22.0 Å². The molecule has 0 fully saturated rings. The van der Waals surface area contributed by atoms with E-state index in [4.69, 9.17) is 9.47 Å². The molecular formula is C15H10BrN3O2. The molecule has 0 bridgehead atoms. The molecule has 0 radical (unpaired) electrons. The van der Waals surface area contributed by atoms with Gasteiger partial charge in [0.15, 0.2) is 11.5 Å². The van der Waals surface area contributed by atoms with E-state index in [0.29, 0.717) is 0 Å². The molecule has 0 saturated heterocycles. The molecule has 6 heteroatoms. The average molecular weight is 344 g/mol. The predicted molar refractivity (Wildman–Crippen MR) is 81.1 cm³/mol. The third-order valence-electron chi connectivity index (χ3n) is 3.24. The fourth-order valence-electron chi connectivity index (χ4n) is 2.21. The van der Waals surface area contributed by atoms with E-state index in [1.165, 1.54) is 0 Å². The van der Waals surface area contributed by atoms with Crippen LogP contribution in [0.25, 0.3) is 22.6 Å². The van der Waals surface area contributed by atoms with Gasteiger partial charge in [-0.25, -0.2) is 0 Å². The third kappa shape index (κ3) is 2.27. The Balaban J connectivity index is 1.71. The molecule has 0 unspecified atom stereocenters. The molecule has 1 aliphatic heterocycles. The molecule has 5 nitrogen and oxygen atoms in total. The Bertz CT molecular complexity index is 816. The Morgan fingerprint density at radius 3 is 2.81 bits per heavy atom. The van der Waals surface area contributed by atoms with Crippen molar-refractivity contribution >= 4 is 15.9 Å². The van der Waals surface area contributed by atoms with Crippen molar-refractivity contribution in [1.82, 2.24) is 15.2 Å². The van der Waals surface area contributed by atoms with Gasteiger partial charge in [-0.15, -0.1) is 0 Å². The summed E-state index contributed by atoms with van der Waals surface area (Å²) >= 11 is 3.44. The lowest BCUT2D eigenvalue weighted by Gasteiger charge is -1.99. The monoisotopic (exact) mass is 343 g/mol. The van der Waals surface area contributed by atoms with E-state index in [2.05, 4.69) is 31.1 Å². The van der Waals surface area contributed by atoms with E-state index >= 15 is 0 Å². The van der Waals surface area contributed by atoms with Gasteiger partial charge in [0, 0.05) is 16.2 Å². The van der Waals surface area contributed by atoms with Gasteiger partial charge in [-0.05, 0) is 36.4 Å². The molecule has 2 aromatic heterocycles. The second-order valence-electron chi connectivity index (χ2n) is 4.59. The summed E-state index contributed by atoms with van der Waals surface area (Å²) in [6.45, 7) is 0.270. The summed E-state index contributed by atoms with van der Waals surface area (Å²) < 4.78 is 11.7. The molecule has 0 saturated carbocycles. The van der Waals surface area contributed by atoms with Crippen LogP contribution in [0.15, 0.2) is 47.1 Å². The first-order valence-electron chi connectivity index (χ1n) is 6.37. The molecule has 0 spiro atoms. The number of nitrogens with zero attached hydrogens (tertiary/aromatic N) is 2. The minimum Gasteiger partial charge on any atom is -0.454 e. The van der Waals surface area contributed by atoms with Crippen molar-refractivity contribution < 1.29 is 9.47 Å². The van der Waals surface area contributed by atoms with E-state index < -0.39 is 0 Å². The molecule has 0 amide bonds. The van der Waals surface area contributed by atoms with Crippen LogP contribution >= 0.6 is 15.9 Å². The van der Waals surface area contributed by atoms with Crippen LogP contribution in [0.5, 0.6) is 11.5 Å². The summed E-state index contributed by atoms with van der Waals surface area (Å²) in [5.41, 5.74) is 3.51. The molecule has 3 aromatic rings. The smallest absolute Gasteiger partial charge is 0.231 e. The molecule has 104 valence electrons. The summed E-state index contributed by atoms with van der Waals surface area (Å²) in [4.78, 5) is 4.33. The number of nitrogens with one attached hydrogen (secondary N) is 1. The Hall–Kier alpha value is -2.34. The quantitative estimate of drug-likeness (QED) is 0.771. The van der Waals surface area contributed by atoms with Crippen molar-refractivity contribution in [3.63, 3.8) is 0 Å². The highest BCUT2D eigenvalue weighted by molar-refractivity contribution is 9.10. The second-order valence-corrected chi connectivity index (χ2v) is 5.51. The van der Waals surface area contributed by atoms with Crippen molar-refractivity contribution in [3.8, 4) is 34.1 Å². The van der Waals surface area contributed by atoms with Gasteiger partial charge in [-0.1, -0.05) is 15.9 Å². The second kappa shape index (κ2) is 4.89. The Morgan fingerprint density at radius 2 is 1.90 bits per heavy atom. The molecule has 0 aliphatic carbocycles. The molecule has 1 N–H and O–H groups in total. The first kappa shape index (κ1) is 12.4. The predicted octanol–water partition coefficient (Wildman–Crippen LogP) is 3.63. The molecule has 21 heavy (non-hydrogen) atoms. The fraction of sp³-hybridized carbons (Fsp3) is 0.0667. The van der Waals surface area contributed by atoms with Gasteiger partial charge in [-0.3, -0.25) is 10.1 Å². The zero-order valence-electron chi connectivity index (χ0n) is 10.8. The minimum atomic E-state index is 0.270. The Labute approximate surface area is 129 Å². The normalized spacial score (nSPS) is 12.6. The molecule has 1 aliphatic rings. The molecular weight excluding hydrogens is 334 g/mol. The van der Waals surface area contributed by atoms with Gasteiger partial charge in [0.25, 0.3) is 0 Å². The van der Waals surface area contributed by atoms with Gasteiger partial charge in [0.2, 0.25) is 6.79 Å². The summed E-state index contributed by atoms with van der Waals surface area (Å²) in [5.74, 6) is 1.51. The Kier molecular flexibility index (Phi) is 2.89. The van der Waals surface area contributed by atoms with E-state index in [1.807, 2.05) is 36.4 Å². The topological polar surface area (TPSA) is 60.0 Å². The minimum absolute atomic E-state index is 0.270. The maximum atomic E-state index is 5.39. The van der Waals surface area contributed by atoms with E-state index in [1.54, 1.807) is 6.20 Å². The zero-order chi connectivity index (χ0) is 14.2. The van der Waals surface area contributed by atoms with Crippen LogP contribution in [0.1, 0.15) is 0 Å². The SMILES string of the molecule is Brc1ccnc(-c2cc(-c3ccc4c(c3)OCO4)n[nH]2)c1. The number of H-pyrrole nitrogens is 1. The van der Waals surface area contributed by atoms with Crippen LogP contribution in [0.4, 0.5) is 0 Å². The zero-order valence-corrected chi connectivity index (χ0v) is 12.4. The summed E-state index contributed by atoms with van der Waals surface area (Å²) in [6.07, 6.45) is 1.75. The van der Waals surface area contributed by atoms with Gasteiger partial charge in [0.1, 0.15) is 0 Å². The molecule has 3 heterocycles. The third-order valence-corrected chi connectivity index (χ3v) is 3.74. The number of rotatable bonds is 2. The van der Waals surface area contributed by atoms with Crippen molar-refractivity contribution in [2.24, 2.45) is 0 Å². The van der Waals surface area contributed by atoms with Gasteiger partial charge >= 0.3 is 0 Å². The van der Waals surface area contributed by atoms with Crippen LogP contribution < -0.4 is 9.47 Å². The number of benzene rings is 1. The number of aromatic amines is 1. The van der Waals surface area contributed by atoms with Crippen LogP contribution in [0.3, 0.4) is 0 Å². The standard InChI is InChI=1S/C15H10BrN3O2/c16-10-3-4-17-12(6-10)13-7-11(18-19-13)9-1-2-14-15(5-9)21-8-20-14/h1-7H,8H2,(H,18,19). The van der Waals surface area contributed by atoms with E-state index in [9.17, 15) is 0 Å². The molecule has 0 atom stereocenters. The lowest BCUT2D eigenvalue weighted by molar-refractivity contribution is 0.174. The Morgan fingerprint density at radius 1 is 1.00 bits per heavy atom. The lowest BCUT2D eigenvalue weighted by atomic mass is 10.1. The van der Waals surface area contributed by atoms with Crippen molar-refractivity contribution in [3.05, 3.63) is 47.1 Å². The molecule has 1 aromatic carbocycles. The number of hydrogen-bond acceptors (Lipinski definition) is 4. The van der Waals surface area contributed by atoms with Gasteiger partial charge in [-0.2, -0.15) is 5.10 Å². The van der Waals surface area contributed by atoms with Crippen LogP contribution in [0.2, 0.25) is 0 Å². The first-order valence-corrected chi connectivity index (χ1v) is 7.16. The highest BCUT2D eigenvalue weighted by atomic mass is 79.9. The number of aromatic nitrogens is 3. The van der Waals surface area contributed by atoms with Crippen molar-refractivity contribution in [1.29, 1.82) is 0 Å². The summed E-state index contributed by atoms with van der Waals surface area (Å²) in [6, 6.07) is 11.6. The van der Waals surface area contributed by atoms with Gasteiger partial charge < -0.3 is 9.47 Å². The summed E-state index contributed by atoms with van der Waals surface area (Å²) in [7, 11) is 0. The van der Waals surface area contributed by atoms with Crippen LogP contribution in [0, 0.1) is 0 Å². The fourth-order valence-corrected chi connectivity index (χ4v) is 2.54. The number of halogens is 1. The lowest BCUT2D eigenvalue weighted by Crippen LogP contribution is -1.92. The van der Waals surface area contributed by atoms with E-state index in [-0.39, 0.29) is 6.79 Å². The van der Waals surface area contributed by atoms with Crippen molar-refractivity contribution in [2.45, 2.75) is 0 Å². The summed E-state index contributed by atoms with van der Waals surface area (Å²) in [5, 5.41) is 7.35. The largest absolute Gasteiger partial charge is 0.454 e. The highest BCUT2D eigenvalue weighted by Gasteiger charge is 2.15. The highest BCUT2D eigenvalue weighted by Crippen LogP contribution is 2.36. The van der Waals surface area contributed by atoms with Gasteiger partial charge in [0.05, 0.1) is 17.1 Å². The molecule has 4 rings (SSSR count). The van der Waals surface area contributed by atoms with Crippen LogP contribution in [-0.2, 0) is 0 Å². The average Bonchev–Trinajstić information content (AvgIpc) is 3.15. The number of hydrogen-bond donors (Lipinski definition) is 1. The van der Waals surface area contributed by atoms with Crippen molar-refractivity contribution in [2.75, 3.05) is 6.79 Å². The first-order chi connectivity index (χ1) is 10.3. The maximum absolute atomic E-state index is 5.39. The number of fused-ring (bicyclic) bond motifs is 1. The number of pyridine rings is 1.